The SMILES string of the molecule is CCC(=O)O[C@@H]1CC(=O)O[C@H](C)C/C=C/C=C/C(=O)[C@H](C)C[C@H](CC=O)[C@H](O[C@@H]2O[C@H](C)[C@@H](O[C@H]3C[C@@](C)(OC)[C@@H](OCCC(C)C)[C@H](C)O3)[C@H](N(C)C)[C@H]2O)[C@H]1OC. The number of likely N-dealkylation sites (N-methyl/N-ethyl adjacent to an activating group) is 1. The number of aldehydes is 1. The van der Waals surface area contributed by atoms with Crippen LogP contribution in [0.15, 0.2) is 24.3 Å². The molecule has 0 aromatic heterocycles. The number of rotatable bonds is 15. The van der Waals surface area contributed by atoms with Gasteiger partial charge in [-0.25, -0.2) is 0 Å². The number of hydrogen-bond acceptors (Lipinski definition) is 15. The molecule has 59 heavy (non-hydrogen) atoms. The van der Waals surface area contributed by atoms with E-state index >= 15 is 0 Å². The number of aliphatic hydroxyl groups excluding tert-OH is 1. The quantitative estimate of drug-likeness (QED) is 0.177. The first-order chi connectivity index (χ1) is 27.9. The molecule has 1 N–H and O–H groups in total. The van der Waals surface area contributed by atoms with Gasteiger partial charge in [0.2, 0.25) is 0 Å². The summed E-state index contributed by atoms with van der Waals surface area (Å²) in [4.78, 5) is 53.7. The van der Waals surface area contributed by atoms with E-state index < -0.39 is 90.7 Å². The lowest BCUT2D eigenvalue weighted by molar-refractivity contribution is -0.347. The number of carbonyl (C=O) groups is 4. The molecular formula is C44H73NO14. The van der Waals surface area contributed by atoms with Crippen molar-refractivity contribution in [2.45, 2.75) is 179 Å². The molecule has 15 heteroatoms. The third-order valence-corrected chi connectivity index (χ3v) is 11.6. The van der Waals surface area contributed by atoms with Gasteiger partial charge in [0, 0.05) is 52.4 Å². The van der Waals surface area contributed by atoms with Gasteiger partial charge in [-0.15, -0.1) is 0 Å². The summed E-state index contributed by atoms with van der Waals surface area (Å²) in [5, 5.41) is 12.2. The van der Waals surface area contributed by atoms with E-state index in [0.717, 1.165) is 12.7 Å². The normalized spacial score (nSPS) is 39.1. The van der Waals surface area contributed by atoms with Crippen LogP contribution in [0.3, 0.4) is 0 Å². The second-order valence-corrected chi connectivity index (χ2v) is 17.1. The van der Waals surface area contributed by atoms with Gasteiger partial charge >= 0.3 is 11.9 Å². The number of cyclic esters (lactones) is 1. The summed E-state index contributed by atoms with van der Waals surface area (Å²) >= 11 is 0. The van der Waals surface area contributed by atoms with Crippen LogP contribution >= 0.6 is 0 Å². The number of aliphatic hydroxyl groups is 1. The van der Waals surface area contributed by atoms with Crippen LogP contribution in [0, 0.1) is 17.8 Å². The van der Waals surface area contributed by atoms with E-state index in [0.29, 0.717) is 25.4 Å². The monoisotopic (exact) mass is 840 g/mol. The molecule has 0 saturated carbocycles. The zero-order chi connectivity index (χ0) is 44.0. The van der Waals surface area contributed by atoms with E-state index in [1.165, 1.54) is 13.2 Å². The van der Waals surface area contributed by atoms with Crippen molar-refractivity contribution in [2.24, 2.45) is 17.8 Å². The summed E-state index contributed by atoms with van der Waals surface area (Å²) in [6, 6.07) is -0.697. The minimum Gasteiger partial charge on any atom is -0.462 e. The summed E-state index contributed by atoms with van der Waals surface area (Å²) < 4.78 is 56.1. The molecule has 338 valence electrons. The molecule has 0 spiro atoms. The second-order valence-electron chi connectivity index (χ2n) is 17.1. The number of hydrogen-bond donors (Lipinski definition) is 1. The standard InChI is InChI=1S/C44H73NO14/c1-13-34(48)57-33-24-35(49)54-28(5)17-15-14-16-18-32(47)27(4)23-31(19-21-46)40(41(33)51-11)59-43-38(50)37(45(9)10)39(29(6)56-43)58-36-25-44(8,52-12)42(30(7)55-36)53-22-20-26(2)3/h14-16,18,21,26-31,33,36-43,50H,13,17,19-20,22-25H2,1-12H3/b15-14+,18-16+/t27-,28-,29-,30+,31+,33-,36+,37-,38-,39-,40+,41+,42+,43+,44-/m1/s1. The topological polar surface area (TPSA) is 175 Å². The number of ether oxygens (including phenoxy) is 9. The fraction of sp³-hybridized carbons (Fsp3) is 0.818. The van der Waals surface area contributed by atoms with Crippen LogP contribution < -0.4 is 0 Å². The molecule has 0 radical (unpaired) electrons. The third-order valence-electron chi connectivity index (χ3n) is 11.6. The molecule has 0 aromatic rings. The highest BCUT2D eigenvalue weighted by molar-refractivity contribution is 5.91. The van der Waals surface area contributed by atoms with Gasteiger partial charge in [0.1, 0.15) is 42.9 Å². The van der Waals surface area contributed by atoms with Crippen molar-refractivity contribution in [1.82, 2.24) is 4.90 Å². The molecule has 3 aliphatic rings. The van der Waals surface area contributed by atoms with Crippen molar-refractivity contribution in [3.8, 4) is 0 Å². The first kappa shape index (κ1) is 50.8. The fourth-order valence-corrected chi connectivity index (χ4v) is 8.20. The highest BCUT2D eigenvalue weighted by Gasteiger charge is 2.53. The molecule has 15 atom stereocenters. The van der Waals surface area contributed by atoms with Crippen molar-refractivity contribution in [2.75, 3.05) is 34.9 Å². The maximum atomic E-state index is 13.4. The first-order valence-corrected chi connectivity index (χ1v) is 21.2. The van der Waals surface area contributed by atoms with Gasteiger partial charge in [-0.1, -0.05) is 45.9 Å². The number of carbonyl (C=O) groups excluding carboxylic acids is 4. The lowest BCUT2D eigenvalue weighted by Gasteiger charge is -2.51. The average molecular weight is 840 g/mol. The van der Waals surface area contributed by atoms with E-state index in [1.807, 2.05) is 39.8 Å². The number of methoxy groups -OCH3 is 2. The van der Waals surface area contributed by atoms with Crippen molar-refractivity contribution in [1.29, 1.82) is 0 Å². The molecule has 3 aliphatic heterocycles. The lowest BCUT2D eigenvalue weighted by Crippen LogP contribution is -2.66. The van der Waals surface area contributed by atoms with Crippen LogP contribution in [0.1, 0.15) is 100 Å². The molecule has 3 heterocycles. The first-order valence-electron chi connectivity index (χ1n) is 21.2. The second kappa shape index (κ2) is 24.1. The smallest absolute Gasteiger partial charge is 0.309 e. The van der Waals surface area contributed by atoms with Gasteiger partial charge < -0.3 is 57.4 Å². The maximum absolute atomic E-state index is 13.4. The number of nitrogens with zero attached hydrogens (tertiary/aromatic N) is 1. The maximum Gasteiger partial charge on any atom is 0.309 e. The zero-order valence-corrected chi connectivity index (χ0v) is 37.4. The molecule has 3 rings (SSSR count). The number of esters is 2. The fourth-order valence-electron chi connectivity index (χ4n) is 8.20. The molecule has 15 nitrogen and oxygen atoms in total. The van der Waals surface area contributed by atoms with Gasteiger partial charge in [0.15, 0.2) is 18.4 Å². The van der Waals surface area contributed by atoms with Crippen LogP contribution in [0.5, 0.6) is 0 Å². The van der Waals surface area contributed by atoms with E-state index in [9.17, 15) is 24.3 Å². The molecule has 0 aliphatic carbocycles. The van der Waals surface area contributed by atoms with E-state index in [1.54, 1.807) is 46.1 Å². The van der Waals surface area contributed by atoms with Crippen LogP contribution in [-0.4, -0.2) is 148 Å². The van der Waals surface area contributed by atoms with Crippen molar-refractivity contribution in [3.63, 3.8) is 0 Å². The van der Waals surface area contributed by atoms with Crippen LogP contribution in [0.2, 0.25) is 0 Å². The largest absolute Gasteiger partial charge is 0.462 e. The molecular weight excluding hydrogens is 766 g/mol. The van der Waals surface area contributed by atoms with Gasteiger partial charge in [0.25, 0.3) is 0 Å². The van der Waals surface area contributed by atoms with Crippen molar-refractivity contribution in [3.05, 3.63) is 24.3 Å². The average Bonchev–Trinajstić information content (AvgIpc) is 3.16. The Kier molecular flexibility index (Phi) is 20.8. The van der Waals surface area contributed by atoms with Gasteiger partial charge in [-0.3, -0.25) is 14.4 Å². The van der Waals surface area contributed by atoms with E-state index in [-0.39, 0.29) is 43.7 Å². The Morgan fingerprint density at radius 1 is 1.03 bits per heavy atom. The van der Waals surface area contributed by atoms with Crippen LogP contribution in [0.25, 0.3) is 0 Å². The molecule has 0 aromatic carbocycles. The molecule has 0 amide bonds. The summed E-state index contributed by atoms with van der Waals surface area (Å²) in [5.41, 5.74) is -0.726. The number of ketones is 1. The van der Waals surface area contributed by atoms with Gasteiger partial charge in [-0.2, -0.15) is 0 Å². The van der Waals surface area contributed by atoms with Gasteiger partial charge in [-0.05, 0) is 72.5 Å². The van der Waals surface area contributed by atoms with Crippen LogP contribution in [-0.2, 0) is 61.8 Å². The lowest BCUT2D eigenvalue weighted by atomic mass is 9.83. The van der Waals surface area contributed by atoms with Gasteiger partial charge in [0.05, 0.1) is 36.4 Å². The van der Waals surface area contributed by atoms with Crippen molar-refractivity contribution >= 4 is 24.0 Å². The van der Waals surface area contributed by atoms with Crippen LogP contribution in [0.4, 0.5) is 0 Å². The Labute approximate surface area is 351 Å². The predicted molar refractivity (Wildman–Crippen MR) is 218 cm³/mol. The Hall–Kier alpha value is -2.60. The Morgan fingerprint density at radius 2 is 1.75 bits per heavy atom. The summed E-state index contributed by atoms with van der Waals surface area (Å²) in [5.74, 6) is -2.21. The zero-order valence-electron chi connectivity index (χ0n) is 37.4. The Bertz CT molecular complexity index is 1390. The molecule has 0 unspecified atom stereocenters. The predicted octanol–water partition coefficient (Wildman–Crippen LogP) is 4.74. The molecule has 2 saturated heterocycles. The third kappa shape index (κ3) is 14.5. The highest BCUT2D eigenvalue weighted by Crippen LogP contribution is 2.38. The number of allylic oxidation sites excluding steroid dienone is 3. The highest BCUT2D eigenvalue weighted by atomic mass is 16.7. The minimum atomic E-state index is -1.33. The minimum absolute atomic E-state index is 0.0110. The molecule has 0 bridgehead atoms. The van der Waals surface area contributed by atoms with E-state index in [2.05, 4.69) is 13.8 Å². The summed E-state index contributed by atoms with van der Waals surface area (Å²) in [6.45, 7) is 15.7. The van der Waals surface area contributed by atoms with E-state index in [4.69, 9.17) is 42.6 Å². The molecule has 2 fully saturated rings. The summed E-state index contributed by atoms with van der Waals surface area (Å²) in [6.07, 6.45) is -0.887. The summed E-state index contributed by atoms with van der Waals surface area (Å²) in [7, 11) is 6.65. The van der Waals surface area contributed by atoms with Crippen molar-refractivity contribution < 1.29 is 66.9 Å². The Balaban J connectivity index is 2.00. The Morgan fingerprint density at radius 3 is 2.36 bits per heavy atom.